The summed E-state index contributed by atoms with van der Waals surface area (Å²) in [4.78, 5) is 11.0. The summed E-state index contributed by atoms with van der Waals surface area (Å²) < 4.78 is 19.1. The largest absolute Gasteiger partial charge is 0.489 e. The van der Waals surface area contributed by atoms with Crippen molar-refractivity contribution in [2.75, 3.05) is 6.61 Å². The van der Waals surface area contributed by atoms with Crippen molar-refractivity contribution in [2.24, 2.45) is 5.41 Å². The van der Waals surface area contributed by atoms with Gasteiger partial charge in [0.05, 0.1) is 5.41 Å². The molecule has 110 valence electrons. The smallest absolute Gasteiger partial charge is 0.312 e. The fraction of sp³-hybridized carbons (Fsp3) is 0.533. The minimum absolute atomic E-state index is 0.0705. The predicted molar refractivity (Wildman–Crippen MR) is 73.2 cm³/mol. The number of nitrogens with one attached hydrogen (secondary N) is 1. The van der Waals surface area contributed by atoms with Crippen LogP contribution in [0.4, 0.5) is 4.39 Å². The number of carbonyl (C=O) groups is 1. The average Bonchev–Trinajstić information content (AvgIpc) is 3.19. The SMILES string of the molecule is CC(C)(COc1ccc(CNC2CC2)cc1F)C(=O)O. The van der Waals surface area contributed by atoms with Gasteiger partial charge in [-0.2, -0.15) is 0 Å². The van der Waals surface area contributed by atoms with Crippen LogP contribution in [0.15, 0.2) is 18.2 Å². The molecule has 0 amide bonds. The van der Waals surface area contributed by atoms with E-state index in [1.807, 2.05) is 0 Å². The summed E-state index contributed by atoms with van der Waals surface area (Å²) in [5, 5.41) is 12.3. The van der Waals surface area contributed by atoms with E-state index in [2.05, 4.69) is 5.32 Å². The number of carboxylic acids is 1. The number of carboxylic acid groups (broad SMARTS) is 1. The molecule has 0 atom stereocenters. The highest BCUT2D eigenvalue weighted by molar-refractivity contribution is 5.73. The van der Waals surface area contributed by atoms with Crippen LogP contribution in [0, 0.1) is 11.2 Å². The molecule has 20 heavy (non-hydrogen) atoms. The zero-order valence-electron chi connectivity index (χ0n) is 11.8. The van der Waals surface area contributed by atoms with E-state index in [4.69, 9.17) is 9.84 Å². The Hall–Kier alpha value is -1.62. The molecule has 0 bridgehead atoms. The van der Waals surface area contributed by atoms with Crippen molar-refractivity contribution in [3.8, 4) is 5.75 Å². The minimum atomic E-state index is -1.04. The Labute approximate surface area is 117 Å². The fourth-order valence-corrected chi connectivity index (χ4v) is 1.64. The Balaban J connectivity index is 1.93. The molecule has 2 rings (SSSR count). The van der Waals surface area contributed by atoms with Crippen LogP contribution in [0.3, 0.4) is 0 Å². The molecule has 1 fully saturated rings. The van der Waals surface area contributed by atoms with Gasteiger partial charge in [0.15, 0.2) is 11.6 Å². The lowest BCUT2D eigenvalue weighted by molar-refractivity contribution is -0.148. The molecule has 1 saturated carbocycles. The van der Waals surface area contributed by atoms with Gasteiger partial charge in [-0.1, -0.05) is 6.07 Å². The van der Waals surface area contributed by atoms with Gasteiger partial charge in [-0.05, 0) is 44.4 Å². The lowest BCUT2D eigenvalue weighted by Crippen LogP contribution is -2.30. The van der Waals surface area contributed by atoms with E-state index < -0.39 is 17.2 Å². The molecule has 0 aliphatic heterocycles. The Morgan fingerprint density at radius 2 is 2.20 bits per heavy atom. The topological polar surface area (TPSA) is 58.6 Å². The van der Waals surface area contributed by atoms with Gasteiger partial charge in [0.2, 0.25) is 0 Å². The third-order valence-corrected chi connectivity index (χ3v) is 3.34. The third kappa shape index (κ3) is 3.93. The van der Waals surface area contributed by atoms with Gasteiger partial charge in [0.1, 0.15) is 6.61 Å². The van der Waals surface area contributed by atoms with Crippen LogP contribution >= 0.6 is 0 Å². The molecule has 0 spiro atoms. The lowest BCUT2D eigenvalue weighted by Gasteiger charge is -2.19. The maximum absolute atomic E-state index is 13.9. The summed E-state index contributed by atoms with van der Waals surface area (Å²) in [7, 11) is 0. The molecule has 5 heteroatoms. The average molecular weight is 281 g/mol. The van der Waals surface area contributed by atoms with E-state index in [1.165, 1.54) is 18.9 Å². The van der Waals surface area contributed by atoms with Crippen molar-refractivity contribution in [3.63, 3.8) is 0 Å². The van der Waals surface area contributed by atoms with Gasteiger partial charge in [-0.25, -0.2) is 4.39 Å². The highest BCUT2D eigenvalue weighted by Gasteiger charge is 2.28. The quantitative estimate of drug-likeness (QED) is 0.806. The minimum Gasteiger partial charge on any atom is -0.489 e. The highest BCUT2D eigenvalue weighted by Crippen LogP contribution is 2.23. The Bertz CT molecular complexity index is 498. The van der Waals surface area contributed by atoms with Crippen LogP contribution in [-0.2, 0) is 11.3 Å². The number of ether oxygens (including phenoxy) is 1. The van der Waals surface area contributed by atoms with Crippen LogP contribution in [0.5, 0.6) is 5.75 Å². The molecular formula is C15H20FNO3. The summed E-state index contributed by atoms with van der Waals surface area (Å²) in [6.45, 7) is 3.66. The molecule has 1 aliphatic carbocycles. The Morgan fingerprint density at radius 1 is 1.50 bits per heavy atom. The van der Waals surface area contributed by atoms with Crippen LogP contribution in [0.2, 0.25) is 0 Å². The lowest BCUT2D eigenvalue weighted by atomic mass is 9.95. The van der Waals surface area contributed by atoms with E-state index >= 15 is 0 Å². The molecule has 4 nitrogen and oxygen atoms in total. The second kappa shape index (κ2) is 5.79. The van der Waals surface area contributed by atoms with Crippen molar-refractivity contribution in [2.45, 2.75) is 39.3 Å². The first kappa shape index (κ1) is 14.8. The van der Waals surface area contributed by atoms with E-state index in [-0.39, 0.29) is 12.4 Å². The zero-order chi connectivity index (χ0) is 14.8. The van der Waals surface area contributed by atoms with Crippen molar-refractivity contribution >= 4 is 5.97 Å². The van der Waals surface area contributed by atoms with Crippen LogP contribution in [0.25, 0.3) is 0 Å². The van der Waals surface area contributed by atoms with Gasteiger partial charge < -0.3 is 15.2 Å². The molecule has 0 saturated heterocycles. The number of hydrogen-bond donors (Lipinski definition) is 2. The number of aliphatic carboxylic acids is 1. The van der Waals surface area contributed by atoms with Crippen LogP contribution < -0.4 is 10.1 Å². The maximum Gasteiger partial charge on any atom is 0.312 e. The third-order valence-electron chi connectivity index (χ3n) is 3.34. The first-order valence-electron chi connectivity index (χ1n) is 6.76. The summed E-state index contributed by atoms with van der Waals surface area (Å²) in [5.41, 5.74) is -0.183. The fourth-order valence-electron chi connectivity index (χ4n) is 1.64. The molecule has 0 heterocycles. The number of halogens is 1. The molecule has 0 aromatic heterocycles. The summed E-state index contributed by atoms with van der Waals surface area (Å²) in [6.07, 6.45) is 2.38. The van der Waals surface area contributed by atoms with Gasteiger partial charge in [0, 0.05) is 12.6 Å². The number of benzene rings is 1. The number of rotatable bonds is 7. The number of hydrogen-bond acceptors (Lipinski definition) is 3. The Morgan fingerprint density at radius 3 is 2.75 bits per heavy atom. The van der Waals surface area contributed by atoms with Gasteiger partial charge >= 0.3 is 5.97 Å². The molecule has 1 aromatic rings. The highest BCUT2D eigenvalue weighted by atomic mass is 19.1. The monoisotopic (exact) mass is 281 g/mol. The Kier molecular flexibility index (Phi) is 4.28. The van der Waals surface area contributed by atoms with E-state index in [0.29, 0.717) is 12.6 Å². The zero-order valence-corrected chi connectivity index (χ0v) is 11.8. The van der Waals surface area contributed by atoms with Crippen LogP contribution in [-0.4, -0.2) is 23.7 Å². The molecule has 0 radical (unpaired) electrons. The van der Waals surface area contributed by atoms with E-state index in [1.54, 1.807) is 26.0 Å². The first-order chi connectivity index (χ1) is 9.38. The standard InChI is InChI=1S/C15H20FNO3/c1-15(2,14(18)19)9-20-13-6-3-10(7-12(13)16)8-17-11-4-5-11/h3,6-7,11,17H,4-5,8-9H2,1-2H3,(H,18,19). The van der Waals surface area contributed by atoms with Gasteiger partial charge in [-0.3, -0.25) is 4.79 Å². The molecule has 1 aliphatic rings. The normalized spacial score (nSPS) is 15.2. The molecular weight excluding hydrogens is 261 g/mol. The molecule has 2 N–H and O–H groups in total. The van der Waals surface area contributed by atoms with Crippen LogP contribution in [0.1, 0.15) is 32.3 Å². The van der Waals surface area contributed by atoms with Crippen molar-refractivity contribution < 1.29 is 19.0 Å². The molecule has 0 unspecified atom stereocenters. The second-order valence-electron chi connectivity index (χ2n) is 5.90. The van der Waals surface area contributed by atoms with Gasteiger partial charge in [-0.15, -0.1) is 0 Å². The van der Waals surface area contributed by atoms with Crippen molar-refractivity contribution in [1.29, 1.82) is 0 Å². The summed E-state index contributed by atoms with van der Waals surface area (Å²) >= 11 is 0. The maximum atomic E-state index is 13.9. The van der Waals surface area contributed by atoms with Gasteiger partial charge in [0.25, 0.3) is 0 Å². The van der Waals surface area contributed by atoms with E-state index in [0.717, 1.165) is 5.56 Å². The van der Waals surface area contributed by atoms with Crippen molar-refractivity contribution in [3.05, 3.63) is 29.6 Å². The first-order valence-corrected chi connectivity index (χ1v) is 6.76. The summed E-state index contributed by atoms with van der Waals surface area (Å²) in [5.74, 6) is -1.33. The van der Waals surface area contributed by atoms with E-state index in [9.17, 15) is 9.18 Å². The molecule has 1 aromatic carbocycles. The predicted octanol–water partition coefficient (Wildman–Crippen LogP) is 2.57. The summed E-state index contributed by atoms with van der Waals surface area (Å²) in [6, 6.07) is 5.35. The van der Waals surface area contributed by atoms with Crippen molar-refractivity contribution in [1.82, 2.24) is 5.32 Å². The second-order valence-corrected chi connectivity index (χ2v) is 5.90.